The Kier molecular flexibility index (Phi) is 4.88. The van der Waals surface area contributed by atoms with Gasteiger partial charge >= 0.3 is 0 Å². The minimum Gasteiger partial charge on any atom is -0.377 e. The fraction of sp³-hybridized carbons (Fsp3) is 0.438. The van der Waals surface area contributed by atoms with Gasteiger partial charge in [0.15, 0.2) is 0 Å². The van der Waals surface area contributed by atoms with E-state index in [9.17, 15) is 0 Å². The van der Waals surface area contributed by atoms with Crippen molar-refractivity contribution in [2.45, 2.75) is 39.5 Å². The zero-order chi connectivity index (χ0) is 13.7. The summed E-state index contributed by atoms with van der Waals surface area (Å²) in [6, 6.07) is 10.7. The van der Waals surface area contributed by atoms with Crippen LogP contribution in [-0.4, -0.2) is 23.7 Å². The number of para-hydroxylation sites is 1. The first-order valence-electron chi connectivity index (χ1n) is 6.90. The fourth-order valence-electron chi connectivity index (χ4n) is 2.15. The van der Waals surface area contributed by atoms with Crippen molar-refractivity contribution in [3.8, 4) is 0 Å². The molecule has 1 N–H and O–H groups in total. The zero-order valence-corrected chi connectivity index (χ0v) is 11.9. The highest BCUT2D eigenvalue weighted by Gasteiger charge is 2.11. The Morgan fingerprint density at radius 3 is 2.79 bits per heavy atom. The van der Waals surface area contributed by atoms with Crippen LogP contribution < -0.4 is 5.32 Å². The smallest absolute Gasteiger partial charge is 0.0746 e. The van der Waals surface area contributed by atoms with Gasteiger partial charge in [0.1, 0.15) is 0 Å². The first-order valence-corrected chi connectivity index (χ1v) is 6.90. The summed E-state index contributed by atoms with van der Waals surface area (Å²) in [5.41, 5.74) is 2.31. The average Bonchev–Trinajstić information content (AvgIpc) is 2.45. The fourth-order valence-corrected chi connectivity index (χ4v) is 2.15. The van der Waals surface area contributed by atoms with Gasteiger partial charge in [-0.2, -0.15) is 0 Å². The van der Waals surface area contributed by atoms with Crippen LogP contribution in [0.2, 0.25) is 0 Å². The van der Waals surface area contributed by atoms with Gasteiger partial charge in [-0.3, -0.25) is 4.98 Å². The van der Waals surface area contributed by atoms with E-state index in [1.54, 1.807) is 0 Å². The molecule has 2 aromatic rings. The van der Waals surface area contributed by atoms with Gasteiger partial charge in [-0.05, 0) is 32.4 Å². The highest BCUT2D eigenvalue weighted by molar-refractivity contribution is 5.81. The Balaban J connectivity index is 2.05. The highest BCUT2D eigenvalue weighted by atomic mass is 16.5. The average molecular weight is 258 g/mol. The molecule has 2 rings (SSSR count). The molecule has 0 aliphatic heterocycles. The van der Waals surface area contributed by atoms with Gasteiger partial charge in [0.2, 0.25) is 0 Å². The first-order chi connectivity index (χ1) is 9.22. The number of benzene rings is 1. The van der Waals surface area contributed by atoms with Crippen molar-refractivity contribution in [2.24, 2.45) is 0 Å². The van der Waals surface area contributed by atoms with E-state index in [1.165, 1.54) is 10.9 Å². The molecule has 3 heteroatoms. The molecule has 1 aromatic carbocycles. The van der Waals surface area contributed by atoms with Crippen LogP contribution in [0.3, 0.4) is 0 Å². The minimum absolute atomic E-state index is 0.216. The second kappa shape index (κ2) is 6.64. The highest BCUT2D eigenvalue weighted by Crippen LogP contribution is 2.16. The van der Waals surface area contributed by atoms with Gasteiger partial charge in [0, 0.05) is 30.8 Å². The lowest BCUT2D eigenvalue weighted by Gasteiger charge is -2.21. The van der Waals surface area contributed by atoms with E-state index in [-0.39, 0.29) is 6.10 Å². The van der Waals surface area contributed by atoms with Crippen LogP contribution >= 0.6 is 0 Å². The third-order valence-electron chi connectivity index (χ3n) is 3.46. The van der Waals surface area contributed by atoms with Gasteiger partial charge in [0.25, 0.3) is 0 Å². The summed E-state index contributed by atoms with van der Waals surface area (Å²) in [5, 5.41) is 4.70. The molecule has 1 aromatic heterocycles. The van der Waals surface area contributed by atoms with E-state index in [2.05, 4.69) is 48.4 Å². The Bertz CT molecular complexity index is 522. The number of fused-ring (bicyclic) bond motifs is 1. The van der Waals surface area contributed by atoms with Gasteiger partial charge in [0.05, 0.1) is 11.6 Å². The standard InChI is InChI=1S/C16H22N2O/c1-4-19-13(3)12(2)18-11-15-8-5-7-14-9-6-10-17-16(14)15/h5-10,12-13,18H,4,11H2,1-3H3/t12-,13?/m0/s1. The SMILES string of the molecule is CCOC(C)[C@H](C)NCc1cccc2cccnc12. The van der Waals surface area contributed by atoms with E-state index in [0.717, 1.165) is 18.7 Å². The molecule has 0 saturated carbocycles. The van der Waals surface area contributed by atoms with Crippen molar-refractivity contribution in [2.75, 3.05) is 6.61 Å². The Labute approximate surface area is 115 Å². The molecule has 0 radical (unpaired) electrons. The maximum Gasteiger partial charge on any atom is 0.0746 e. The summed E-state index contributed by atoms with van der Waals surface area (Å²) < 4.78 is 5.60. The van der Waals surface area contributed by atoms with Crippen molar-refractivity contribution in [3.63, 3.8) is 0 Å². The number of rotatable bonds is 6. The second-order valence-electron chi connectivity index (χ2n) is 4.82. The lowest BCUT2D eigenvalue weighted by Crippen LogP contribution is -2.36. The molecule has 0 aliphatic rings. The van der Waals surface area contributed by atoms with Crippen LogP contribution in [0.5, 0.6) is 0 Å². The van der Waals surface area contributed by atoms with Gasteiger partial charge in [-0.15, -0.1) is 0 Å². The maximum absolute atomic E-state index is 5.60. The topological polar surface area (TPSA) is 34.1 Å². The number of hydrogen-bond donors (Lipinski definition) is 1. The third kappa shape index (κ3) is 3.52. The van der Waals surface area contributed by atoms with E-state index < -0.39 is 0 Å². The monoisotopic (exact) mass is 258 g/mol. The normalized spacial score (nSPS) is 14.5. The molecule has 2 atom stereocenters. The number of hydrogen-bond acceptors (Lipinski definition) is 3. The van der Waals surface area contributed by atoms with E-state index in [1.807, 2.05) is 19.2 Å². The van der Waals surface area contributed by atoms with Crippen LogP contribution in [0.4, 0.5) is 0 Å². The number of pyridine rings is 1. The molecule has 1 unspecified atom stereocenters. The van der Waals surface area contributed by atoms with Gasteiger partial charge in [-0.1, -0.05) is 24.3 Å². The number of ether oxygens (including phenoxy) is 1. The molecule has 102 valence electrons. The molecular formula is C16H22N2O. The summed E-state index contributed by atoms with van der Waals surface area (Å²) in [6.07, 6.45) is 2.06. The predicted molar refractivity (Wildman–Crippen MR) is 79.1 cm³/mol. The molecule has 0 spiro atoms. The lowest BCUT2D eigenvalue weighted by molar-refractivity contribution is 0.0518. The summed E-state index contributed by atoms with van der Waals surface area (Å²) in [6.45, 7) is 7.84. The van der Waals surface area contributed by atoms with Crippen LogP contribution in [0.15, 0.2) is 36.5 Å². The van der Waals surface area contributed by atoms with Crippen molar-refractivity contribution in [1.29, 1.82) is 0 Å². The van der Waals surface area contributed by atoms with E-state index >= 15 is 0 Å². The van der Waals surface area contributed by atoms with Gasteiger partial charge in [-0.25, -0.2) is 0 Å². The molecule has 1 heterocycles. The largest absolute Gasteiger partial charge is 0.377 e. The Morgan fingerprint density at radius 2 is 2.00 bits per heavy atom. The van der Waals surface area contributed by atoms with Crippen LogP contribution in [0.25, 0.3) is 10.9 Å². The molecule has 0 fully saturated rings. The van der Waals surface area contributed by atoms with Gasteiger partial charge < -0.3 is 10.1 Å². The maximum atomic E-state index is 5.60. The second-order valence-corrected chi connectivity index (χ2v) is 4.82. The van der Waals surface area contributed by atoms with Crippen LogP contribution in [-0.2, 0) is 11.3 Å². The Hall–Kier alpha value is -1.45. The number of aromatic nitrogens is 1. The molecule has 0 aliphatic carbocycles. The first kappa shape index (κ1) is 14.0. The lowest BCUT2D eigenvalue weighted by atomic mass is 10.1. The summed E-state index contributed by atoms with van der Waals surface area (Å²) in [5.74, 6) is 0. The van der Waals surface area contributed by atoms with Crippen LogP contribution in [0, 0.1) is 0 Å². The molecule has 0 bridgehead atoms. The summed E-state index contributed by atoms with van der Waals surface area (Å²) in [7, 11) is 0. The van der Waals surface area contributed by atoms with E-state index in [0.29, 0.717) is 6.04 Å². The molecule has 0 saturated heterocycles. The molecular weight excluding hydrogens is 236 g/mol. The third-order valence-corrected chi connectivity index (χ3v) is 3.46. The minimum atomic E-state index is 0.216. The molecule has 3 nitrogen and oxygen atoms in total. The van der Waals surface area contributed by atoms with E-state index in [4.69, 9.17) is 4.74 Å². The zero-order valence-electron chi connectivity index (χ0n) is 11.9. The summed E-state index contributed by atoms with van der Waals surface area (Å²) >= 11 is 0. The molecule has 19 heavy (non-hydrogen) atoms. The molecule has 0 amide bonds. The summed E-state index contributed by atoms with van der Waals surface area (Å²) in [4.78, 5) is 4.47. The van der Waals surface area contributed by atoms with Crippen molar-refractivity contribution >= 4 is 10.9 Å². The number of nitrogens with zero attached hydrogens (tertiary/aromatic N) is 1. The van der Waals surface area contributed by atoms with Crippen LogP contribution in [0.1, 0.15) is 26.3 Å². The van der Waals surface area contributed by atoms with Crippen molar-refractivity contribution in [3.05, 3.63) is 42.1 Å². The Morgan fingerprint density at radius 1 is 1.21 bits per heavy atom. The quantitative estimate of drug-likeness (QED) is 0.864. The van der Waals surface area contributed by atoms with Crippen molar-refractivity contribution in [1.82, 2.24) is 10.3 Å². The van der Waals surface area contributed by atoms with Crippen molar-refractivity contribution < 1.29 is 4.74 Å². The number of nitrogens with one attached hydrogen (secondary N) is 1. The predicted octanol–water partition coefficient (Wildman–Crippen LogP) is 3.14.